The molecule has 1 aliphatic rings. The van der Waals surface area contributed by atoms with Gasteiger partial charge in [-0.2, -0.15) is 13.2 Å². The van der Waals surface area contributed by atoms with Gasteiger partial charge < -0.3 is 15.7 Å². The molecular formula is C20H25F3N4O2S. The summed E-state index contributed by atoms with van der Waals surface area (Å²) in [6.07, 6.45) is 1.11. The zero-order valence-electron chi connectivity index (χ0n) is 17.0. The molecule has 2 aromatic heterocycles. The number of carbonyl (C=O) groups is 1. The topological polar surface area (TPSA) is 87.1 Å². The number of hydrogen-bond acceptors (Lipinski definition) is 6. The van der Waals surface area contributed by atoms with Crippen LogP contribution in [0.1, 0.15) is 55.4 Å². The first kappa shape index (κ1) is 22.5. The lowest BCUT2D eigenvalue weighted by Gasteiger charge is -2.32. The minimum Gasteiger partial charge on any atom is -0.389 e. The highest BCUT2D eigenvalue weighted by Gasteiger charge is 2.35. The number of pyridine rings is 1. The lowest BCUT2D eigenvalue weighted by molar-refractivity contribution is -0.137. The molecule has 2 aromatic rings. The first-order valence-corrected chi connectivity index (χ1v) is 10.6. The number of halogens is 3. The van der Waals surface area contributed by atoms with E-state index in [2.05, 4.69) is 20.6 Å². The third-order valence-electron chi connectivity index (χ3n) is 5.09. The number of carbonyl (C=O) groups excluding carboxylic acids is 1. The first-order valence-electron chi connectivity index (χ1n) is 9.74. The minimum absolute atomic E-state index is 0.00432. The summed E-state index contributed by atoms with van der Waals surface area (Å²) in [4.78, 5) is 20.5. The van der Waals surface area contributed by atoms with Crippen molar-refractivity contribution >= 4 is 23.1 Å². The van der Waals surface area contributed by atoms with Crippen molar-refractivity contribution < 1.29 is 23.1 Å². The smallest absolute Gasteiger partial charge is 0.389 e. The maximum absolute atomic E-state index is 13.7. The van der Waals surface area contributed by atoms with Gasteiger partial charge in [-0.05, 0) is 45.6 Å². The largest absolute Gasteiger partial charge is 0.417 e. The van der Waals surface area contributed by atoms with Crippen LogP contribution < -0.4 is 10.6 Å². The second kappa shape index (κ2) is 8.50. The summed E-state index contributed by atoms with van der Waals surface area (Å²) in [5, 5.41) is 15.3. The van der Waals surface area contributed by atoms with Gasteiger partial charge in [0.05, 0.1) is 16.0 Å². The molecule has 1 atom stereocenters. The van der Waals surface area contributed by atoms with Crippen LogP contribution in [0.2, 0.25) is 0 Å². The SMILES string of the molecule is C[C@H](Nc1cc(C(F)(F)F)c(-c2cnc(C(=O)NCC(C)(C)O)s2)cn1)C1CCC1. The predicted octanol–water partition coefficient (Wildman–Crippen LogP) is 4.33. The Bertz CT molecular complexity index is 904. The average molecular weight is 443 g/mol. The average Bonchev–Trinajstić information content (AvgIpc) is 3.06. The number of aromatic nitrogens is 2. The fraction of sp³-hybridized carbons (Fsp3) is 0.550. The van der Waals surface area contributed by atoms with E-state index in [0.29, 0.717) is 5.92 Å². The van der Waals surface area contributed by atoms with Crippen molar-refractivity contribution in [3.63, 3.8) is 0 Å². The van der Waals surface area contributed by atoms with E-state index >= 15 is 0 Å². The molecule has 0 radical (unpaired) electrons. The highest BCUT2D eigenvalue weighted by molar-refractivity contribution is 7.17. The van der Waals surface area contributed by atoms with E-state index < -0.39 is 23.2 Å². The van der Waals surface area contributed by atoms with Gasteiger partial charge in [-0.3, -0.25) is 4.79 Å². The Morgan fingerprint density at radius 3 is 2.57 bits per heavy atom. The van der Waals surface area contributed by atoms with Crippen LogP contribution >= 0.6 is 11.3 Å². The summed E-state index contributed by atoms with van der Waals surface area (Å²) in [6.45, 7) is 5.01. The number of aliphatic hydroxyl groups is 1. The summed E-state index contributed by atoms with van der Waals surface area (Å²) in [5.41, 5.74) is -2.06. The number of amides is 1. The number of alkyl halides is 3. The fourth-order valence-electron chi connectivity index (χ4n) is 3.13. The van der Waals surface area contributed by atoms with E-state index in [9.17, 15) is 23.1 Å². The molecule has 3 rings (SSSR count). The third kappa shape index (κ3) is 5.48. The monoisotopic (exact) mass is 442 g/mol. The van der Waals surface area contributed by atoms with Crippen LogP contribution in [0.25, 0.3) is 10.4 Å². The van der Waals surface area contributed by atoms with Crippen molar-refractivity contribution in [1.29, 1.82) is 0 Å². The first-order chi connectivity index (χ1) is 13.9. The van der Waals surface area contributed by atoms with E-state index in [-0.39, 0.29) is 33.9 Å². The molecule has 6 nitrogen and oxygen atoms in total. The van der Waals surface area contributed by atoms with Crippen LogP contribution in [0, 0.1) is 5.92 Å². The molecule has 0 unspecified atom stereocenters. The van der Waals surface area contributed by atoms with E-state index in [1.807, 2.05) is 6.92 Å². The van der Waals surface area contributed by atoms with Gasteiger partial charge in [0.15, 0.2) is 5.01 Å². The highest BCUT2D eigenvalue weighted by atomic mass is 32.1. The van der Waals surface area contributed by atoms with Gasteiger partial charge in [-0.15, -0.1) is 11.3 Å². The molecule has 1 amide bonds. The fourth-order valence-corrected chi connectivity index (χ4v) is 3.99. The molecule has 0 aliphatic heterocycles. The second-order valence-electron chi connectivity index (χ2n) is 8.26. The second-order valence-corrected chi connectivity index (χ2v) is 9.29. The van der Waals surface area contributed by atoms with Crippen LogP contribution in [-0.2, 0) is 6.18 Å². The maximum Gasteiger partial charge on any atom is 0.417 e. The number of nitrogens with zero attached hydrogens (tertiary/aromatic N) is 2. The molecule has 1 fully saturated rings. The van der Waals surface area contributed by atoms with E-state index in [1.54, 1.807) is 0 Å². The van der Waals surface area contributed by atoms with Gasteiger partial charge >= 0.3 is 6.18 Å². The Morgan fingerprint density at radius 1 is 1.30 bits per heavy atom. The van der Waals surface area contributed by atoms with Gasteiger partial charge in [-0.1, -0.05) is 6.42 Å². The molecule has 0 aromatic carbocycles. The van der Waals surface area contributed by atoms with Crippen LogP contribution in [0.3, 0.4) is 0 Å². The van der Waals surface area contributed by atoms with Crippen LogP contribution in [0.4, 0.5) is 19.0 Å². The minimum atomic E-state index is -4.58. The van der Waals surface area contributed by atoms with Crippen molar-refractivity contribution in [2.45, 2.75) is 57.9 Å². The molecular weight excluding hydrogens is 417 g/mol. The number of hydrogen-bond donors (Lipinski definition) is 3. The molecule has 164 valence electrons. The Kier molecular flexibility index (Phi) is 6.37. The molecule has 3 N–H and O–H groups in total. The van der Waals surface area contributed by atoms with Gasteiger partial charge in [0.1, 0.15) is 5.82 Å². The van der Waals surface area contributed by atoms with Crippen LogP contribution in [0.15, 0.2) is 18.5 Å². The molecule has 0 bridgehead atoms. The third-order valence-corrected chi connectivity index (χ3v) is 6.12. The van der Waals surface area contributed by atoms with Gasteiger partial charge in [-0.25, -0.2) is 9.97 Å². The van der Waals surface area contributed by atoms with Crippen LogP contribution in [-0.4, -0.2) is 39.2 Å². The van der Waals surface area contributed by atoms with E-state index in [1.165, 1.54) is 26.2 Å². The number of nitrogens with one attached hydrogen (secondary N) is 2. The normalized spacial score (nSPS) is 16.1. The van der Waals surface area contributed by atoms with Gasteiger partial charge in [0.2, 0.25) is 0 Å². The molecule has 0 saturated heterocycles. The standard InChI is InChI=1S/C20H25F3N4O2S/c1-11(12-5-4-6-12)27-16-7-14(20(21,22)23)13(8-24-16)15-9-25-18(30-15)17(28)26-10-19(2,3)29/h7-9,11-12,29H,4-6,10H2,1-3H3,(H,24,27)(H,26,28)/t11-/m0/s1. The van der Waals surface area contributed by atoms with Crippen molar-refractivity contribution in [1.82, 2.24) is 15.3 Å². The molecule has 0 spiro atoms. The maximum atomic E-state index is 13.7. The number of rotatable bonds is 7. The summed E-state index contributed by atoms with van der Waals surface area (Å²) in [7, 11) is 0. The Hall–Kier alpha value is -2.20. The molecule has 2 heterocycles. The zero-order chi connectivity index (χ0) is 22.1. The van der Waals surface area contributed by atoms with Crippen molar-refractivity contribution in [2.75, 3.05) is 11.9 Å². The zero-order valence-corrected chi connectivity index (χ0v) is 17.8. The van der Waals surface area contributed by atoms with Crippen LogP contribution in [0.5, 0.6) is 0 Å². The summed E-state index contributed by atoms with van der Waals surface area (Å²) < 4.78 is 41.2. The quantitative estimate of drug-likeness (QED) is 0.594. The van der Waals surface area contributed by atoms with Crippen molar-refractivity contribution in [3.05, 3.63) is 29.0 Å². The predicted molar refractivity (Wildman–Crippen MR) is 109 cm³/mol. The summed E-state index contributed by atoms with van der Waals surface area (Å²) in [5.74, 6) is 0.0768. The summed E-state index contributed by atoms with van der Waals surface area (Å²) in [6, 6.07) is 1.06. The number of anilines is 1. The lowest BCUT2D eigenvalue weighted by Crippen LogP contribution is -2.38. The van der Waals surface area contributed by atoms with E-state index in [4.69, 9.17) is 0 Å². The van der Waals surface area contributed by atoms with Crippen molar-refractivity contribution in [3.8, 4) is 10.4 Å². The Labute approximate surface area is 176 Å². The Balaban J connectivity index is 1.83. The van der Waals surface area contributed by atoms with Gasteiger partial charge in [0.25, 0.3) is 5.91 Å². The lowest BCUT2D eigenvalue weighted by atomic mass is 9.80. The molecule has 1 aliphatic carbocycles. The highest BCUT2D eigenvalue weighted by Crippen LogP contribution is 2.40. The van der Waals surface area contributed by atoms with E-state index in [0.717, 1.165) is 36.7 Å². The van der Waals surface area contributed by atoms with Gasteiger partial charge in [0, 0.05) is 30.5 Å². The number of thiazole rings is 1. The molecule has 30 heavy (non-hydrogen) atoms. The Morgan fingerprint density at radius 2 is 2.00 bits per heavy atom. The molecule has 1 saturated carbocycles. The summed E-state index contributed by atoms with van der Waals surface area (Å²) >= 11 is 0.847. The van der Waals surface area contributed by atoms with Crippen molar-refractivity contribution in [2.24, 2.45) is 5.92 Å². The molecule has 10 heteroatoms.